The number of pyridine rings is 1. The molecule has 0 amide bonds. The number of alkyl halides is 3. The Hall–Kier alpha value is -1.27. The number of hydrogen-bond acceptors (Lipinski definition) is 2. The van der Waals surface area contributed by atoms with E-state index in [0.717, 1.165) is 12.1 Å². The molecule has 0 saturated carbocycles. The van der Waals surface area contributed by atoms with E-state index in [-0.39, 0.29) is 5.02 Å². The molecule has 2 nitrogen and oxygen atoms in total. The highest BCUT2D eigenvalue weighted by atomic mass is 79.9. The second-order valence-electron chi connectivity index (χ2n) is 3.67. The van der Waals surface area contributed by atoms with E-state index in [1.54, 1.807) is 18.5 Å². The lowest BCUT2D eigenvalue weighted by molar-refractivity contribution is -0.137. The van der Waals surface area contributed by atoms with Crippen LogP contribution in [0, 0.1) is 0 Å². The highest BCUT2D eigenvalue weighted by Gasteiger charge is 2.30. The SMILES string of the molecule is FC(F)(F)c1ccc(Nc2ccncc2Br)c(Cl)c1. The van der Waals surface area contributed by atoms with Crippen LogP contribution in [0.25, 0.3) is 0 Å². The first-order chi connectivity index (χ1) is 8.88. The van der Waals surface area contributed by atoms with Crippen molar-refractivity contribution < 1.29 is 13.2 Å². The summed E-state index contributed by atoms with van der Waals surface area (Å²) in [4.78, 5) is 3.89. The van der Waals surface area contributed by atoms with Crippen LogP contribution in [-0.4, -0.2) is 4.98 Å². The maximum atomic E-state index is 12.5. The summed E-state index contributed by atoms with van der Waals surface area (Å²) in [5.41, 5.74) is 0.273. The van der Waals surface area contributed by atoms with Crippen molar-refractivity contribution >= 4 is 38.9 Å². The first-order valence-electron chi connectivity index (χ1n) is 5.11. The Kier molecular flexibility index (Phi) is 4.01. The van der Waals surface area contributed by atoms with Gasteiger partial charge in [0.2, 0.25) is 0 Å². The predicted molar refractivity (Wildman–Crippen MR) is 71.7 cm³/mol. The molecule has 0 saturated heterocycles. The van der Waals surface area contributed by atoms with Gasteiger partial charge in [-0.25, -0.2) is 0 Å². The van der Waals surface area contributed by atoms with Gasteiger partial charge in [0.25, 0.3) is 0 Å². The molecule has 7 heteroatoms. The standard InChI is InChI=1S/C12H7BrClF3N2/c13-8-6-18-4-3-10(8)19-11-2-1-7(5-9(11)14)12(15,16)17/h1-6H,(H,18,19). The number of nitrogens with one attached hydrogen (secondary N) is 1. The molecule has 0 bridgehead atoms. The second kappa shape index (κ2) is 5.38. The van der Waals surface area contributed by atoms with Gasteiger partial charge in [0.15, 0.2) is 0 Å². The van der Waals surface area contributed by atoms with E-state index in [4.69, 9.17) is 11.6 Å². The first kappa shape index (κ1) is 14.1. The Morgan fingerprint density at radius 2 is 1.89 bits per heavy atom. The molecule has 1 heterocycles. The summed E-state index contributed by atoms with van der Waals surface area (Å²) in [6, 6.07) is 4.83. The largest absolute Gasteiger partial charge is 0.416 e. The number of aromatic nitrogens is 1. The molecule has 0 aliphatic heterocycles. The highest BCUT2D eigenvalue weighted by molar-refractivity contribution is 9.10. The van der Waals surface area contributed by atoms with Crippen LogP contribution in [0.3, 0.4) is 0 Å². The van der Waals surface area contributed by atoms with Gasteiger partial charge >= 0.3 is 6.18 Å². The fourth-order valence-electron chi connectivity index (χ4n) is 1.41. The molecule has 0 aliphatic carbocycles. The van der Waals surface area contributed by atoms with Crippen molar-refractivity contribution in [2.45, 2.75) is 6.18 Å². The fraction of sp³-hybridized carbons (Fsp3) is 0.0833. The molecule has 0 radical (unpaired) electrons. The number of nitrogens with zero attached hydrogens (tertiary/aromatic N) is 1. The lowest BCUT2D eigenvalue weighted by Crippen LogP contribution is -2.05. The van der Waals surface area contributed by atoms with Gasteiger partial charge in [-0.1, -0.05) is 11.6 Å². The van der Waals surface area contributed by atoms with E-state index in [1.807, 2.05) is 0 Å². The second-order valence-corrected chi connectivity index (χ2v) is 4.93. The number of halogens is 5. The van der Waals surface area contributed by atoms with Gasteiger partial charge in [-0.3, -0.25) is 4.98 Å². The summed E-state index contributed by atoms with van der Waals surface area (Å²) in [6.07, 6.45) is -1.27. The molecular weight excluding hydrogens is 344 g/mol. The minimum Gasteiger partial charge on any atom is -0.353 e. The maximum absolute atomic E-state index is 12.5. The lowest BCUT2D eigenvalue weighted by Gasteiger charge is -2.12. The third-order valence-electron chi connectivity index (χ3n) is 2.34. The van der Waals surface area contributed by atoms with Gasteiger partial charge < -0.3 is 5.32 Å². The minimum atomic E-state index is -4.40. The van der Waals surface area contributed by atoms with Gasteiger partial charge in [-0.2, -0.15) is 13.2 Å². The van der Waals surface area contributed by atoms with Gasteiger partial charge in [0.1, 0.15) is 0 Å². The molecule has 2 aromatic rings. The summed E-state index contributed by atoms with van der Waals surface area (Å²) in [5, 5.41) is 2.93. The van der Waals surface area contributed by atoms with Crippen molar-refractivity contribution in [1.29, 1.82) is 0 Å². The Labute approximate surface area is 120 Å². The van der Waals surface area contributed by atoms with Crippen molar-refractivity contribution in [1.82, 2.24) is 4.98 Å². The van der Waals surface area contributed by atoms with Crippen LogP contribution in [0.15, 0.2) is 41.1 Å². The molecule has 1 aromatic carbocycles. The number of hydrogen-bond donors (Lipinski definition) is 1. The summed E-state index contributed by atoms with van der Waals surface area (Å²) >= 11 is 9.12. The molecule has 2 rings (SSSR count). The van der Waals surface area contributed by atoms with Crippen LogP contribution in [0.4, 0.5) is 24.5 Å². The van der Waals surface area contributed by atoms with Crippen molar-refractivity contribution in [3.05, 3.63) is 51.7 Å². The van der Waals surface area contributed by atoms with Gasteiger partial charge in [-0.05, 0) is 40.2 Å². The van der Waals surface area contributed by atoms with Crippen LogP contribution in [0.5, 0.6) is 0 Å². The molecule has 0 unspecified atom stereocenters. The van der Waals surface area contributed by atoms with Crippen molar-refractivity contribution in [3.8, 4) is 0 Å². The van der Waals surface area contributed by atoms with Crippen LogP contribution >= 0.6 is 27.5 Å². The molecule has 0 spiro atoms. The van der Waals surface area contributed by atoms with Crippen molar-refractivity contribution in [2.24, 2.45) is 0 Å². The third kappa shape index (κ3) is 3.39. The van der Waals surface area contributed by atoms with E-state index < -0.39 is 11.7 Å². The van der Waals surface area contributed by atoms with E-state index in [1.165, 1.54) is 6.07 Å². The third-order valence-corrected chi connectivity index (χ3v) is 3.28. The van der Waals surface area contributed by atoms with Crippen LogP contribution in [0.1, 0.15) is 5.56 Å². The minimum absolute atomic E-state index is 0.00135. The molecule has 0 fully saturated rings. The van der Waals surface area contributed by atoms with Gasteiger partial charge in [0, 0.05) is 12.4 Å². The average molecular weight is 352 g/mol. The van der Waals surface area contributed by atoms with E-state index in [0.29, 0.717) is 15.8 Å². The lowest BCUT2D eigenvalue weighted by atomic mass is 10.2. The molecular formula is C12H7BrClF3N2. The van der Waals surface area contributed by atoms with Crippen LogP contribution < -0.4 is 5.32 Å². The average Bonchev–Trinajstić information content (AvgIpc) is 2.33. The smallest absolute Gasteiger partial charge is 0.353 e. The zero-order chi connectivity index (χ0) is 14.0. The maximum Gasteiger partial charge on any atom is 0.416 e. The van der Waals surface area contributed by atoms with Crippen LogP contribution in [-0.2, 0) is 6.18 Å². The molecule has 1 aromatic heterocycles. The zero-order valence-electron chi connectivity index (χ0n) is 9.30. The molecule has 1 N–H and O–H groups in total. The summed E-state index contributed by atoms with van der Waals surface area (Å²) in [7, 11) is 0. The van der Waals surface area contributed by atoms with Crippen molar-refractivity contribution in [3.63, 3.8) is 0 Å². The topological polar surface area (TPSA) is 24.9 Å². The Morgan fingerprint density at radius 1 is 1.16 bits per heavy atom. The van der Waals surface area contributed by atoms with Crippen LogP contribution in [0.2, 0.25) is 5.02 Å². The number of anilines is 2. The Bertz CT molecular complexity index is 602. The molecule has 19 heavy (non-hydrogen) atoms. The van der Waals surface area contributed by atoms with Gasteiger partial charge in [-0.15, -0.1) is 0 Å². The molecule has 0 aliphatic rings. The van der Waals surface area contributed by atoms with E-state index >= 15 is 0 Å². The number of benzene rings is 1. The normalized spacial score (nSPS) is 11.4. The molecule has 0 atom stereocenters. The summed E-state index contributed by atoms with van der Waals surface area (Å²) in [5.74, 6) is 0. The monoisotopic (exact) mass is 350 g/mol. The summed E-state index contributed by atoms with van der Waals surface area (Å²) < 4.78 is 38.2. The van der Waals surface area contributed by atoms with E-state index in [9.17, 15) is 13.2 Å². The van der Waals surface area contributed by atoms with Crippen molar-refractivity contribution in [2.75, 3.05) is 5.32 Å². The summed E-state index contributed by atoms with van der Waals surface area (Å²) in [6.45, 7) is 0. The zero-order valence-corrected chi connectivity index (χ0v) is 11.6. The predicted octanol–water partition coefficient (Wildman–Crippen LogP) is 5.26. The fourth-order valence-corrected chi connectivity index (χ4v) is 1.99. The highest BCUT2D eigenvalue weighted by Crippen LogP contribution is 2.35. The quantitative estimate of drug-likeness (QED) is 0.798. The van der Waals surface area contributed by atoms with Gasteiger partial charge in [0.05, 0.1) is 26.4 Å². The Balaban J connectivity index is 2.30. The Morgan fingerprint density at radius 3 is 2.47 bits per heavy atom. The number of rotatable bonds is 2. The van der Waals surface area contributed by atoms with E-state index in [2.05, 4.69) is 26.2 Å². The first-order valence-corrected chi connectivity index (χ1v) is 6.28. The molecule has 100 valence electrons.